The van der Waals surface area contributed by atoms with Crippen molar-refractivity contribution < 1.29 is 9.53 Å². The summed E-state index contributed by atoms with van der Waals surface area (Å²) in [5, 5.41) is 14.7. The molecule has 0 saturated carbocycles. The van der Waals surface area contributed by atoms with Gasteiger partial charge in [0.05, 0.1) is 5.54 Å². The molecule has 1 fully saturated rings. The molecular weight excluding hydrogens is 254 g/mol. The third kappa shape index (κ3) is 3.09. The number of hydrogen-bond acceptors (Lipinski definition) is 4. The Balaban J connectivity index is 2.06. The summed E-state index contributed by atoms with van der Waals surface area (Å²) in [5.41, 5.74) is 0.232. The topological polar surface area (TPSA) is 74.1 Å². The molecule has 0 bridgehead atoms. The number of amides is 1. The maximum atomic E-state index is 12.4. The molecule has 2 rings (SSSR count). The summed E-state index contributed by atoms with van der Waals surface area (Å²) in [6.45, 7) is 2.90. The fourth-order valence-electron chi connectivity index (χ4n) is 2.49. The lowest BCUT2D eigenvalue weighted by Crippen LogP contribution is -2.50. The maximum absolute atomic E-state index is 12.4. The minimum absolute atomic E-state index is 0.00213. The summed E-state index contributed by atoms with van der Waals surface area (Å²) in [6.07, 6.45) is 2.65. The van der Waals surface area contributed by atoms with E-state index < -0.39 is 5.54 Å². The number of hydrogen-bond donors (Lipinski definition) is 2. The lowest BCUT2D eigenvalue weighted by atomic mass is 9.93. The minimum Gasteiger partial charge on any atom is -0.479 e. The number of carbonyl (C=O) groups excluding carboxylic acids is 1. The molecule has 1 aliphatic heterocycles. The fraction of sp³-hybridized carbons (Fsp3) is 0.467. The van der Waals surface area contributed by atoms with Gasteiger partial charge in [-0.2, -0.15) is 5.26 Å². The van der Waals surface area contributed by atoms with Gasteiger partial charge in [-0.15, -0.1) is 0 Å². The Labute approximate surface area is 118 Å². The van der Waals surface area contributed by atoms with Gasteiger partial charge in [-0.05, 0) is 37.9 Å². The molecule has 1 aromatic carbocycles. The second-order valence-electron chi connectivity index (χ2n) is 4.89. The van der Waals surface area contributed by atoms with Crippen LogP contribution >= 0.6 is 0 Å². The Hall–Kier alpha value is -2.06. The normalized spacial score (nSPS) is 21.2. The molecule has 20 heavy (non-hydrogen) atoms. The van der Waals surface area contributed by atoms with Crippen LogP contribution in [0.3, 0.4) is 0 Å². The van der Waals surface area contributed by atoms with E-state index in [1.54, 1.807) is 18.2 Å². The smallest absolute Gasteiger partial charge is 0.244 e. The van der Waals surface area contributed by atoms with Gasteiger partial charge < -0.3 is 15.4 Å². The fourth-order valence-corrected chi connectivity index (χ4v) is 2.49. The summed E-state index contributed by atoms with van der Waals surface area (Å²) in [7, 11) is 0. The van der Waals surface area contributed by atoms with E-state index in [-0.39, 0.29) is 12.5 Å². The minimum atomic E-state index is -0.455. The highest BCUT2D eigenvalue weighted by molar-refractivity contribution is 5.98. The van der Waals surface area contributed by atoms with Crippen LogP contribution in [0.2, 0.25) is 0 Å². The number of ether oxygens (including phenoxy) is 1. The molecule has 1 amide bonds. The van der Waals surface area contributed by atoms with Gasteiger partial charge >= 0.3 is 0 Å². The summed E-state index contributed by atoms with van der Waals surface area (Å²) in [4.78, 5) is 12.4. The molecule has 1 aliphatic rings. The second kappa shape index (κ2) is 6.40. The van der Waals surface area contributed by atoms with E-state index in [0.717, 1.165) is 25.8 Å². The quantitative estimate of drug-likeness (QED) is 0.861. The van der Waals surface area contributed by atoms with E-state index in [1.165, 1.54) is 0 Å². The Morgan fingerprint density at radius 3 is 3.10 bits per heavy atom. The van der Waals surface area contributed by atoms with Gasteiger partial charge in [-0.25, -0.2) is 0 Å². The third-order valence-electron chi connectivity index (χ3n) is 3.68. The number of carbonyl (C=O) groups is 1. The van der Waals surface area contributed by atoms with Crippen molar-refractivity contribution in [3.8, 4) is 11.8 Å². The van der Waals surface area contributed by atoms with Crippen LogP contribution in [0, 0.1) is 11.3 Å². The summed E-state index contributed by atoms with van der Waals surface area (Å²) in [5.74, 6) is 0.573. The summed E-state index contributed by atoms with van der Waals surface area (Å²) in [6, 6.07) is 9.02. The maximum Gasteiger partial charge on any atom is 0.244 e. The number of benzene rings is 1. The van der Waals surface area contributed by atoms with Crippen LogP contribution in [0.15, 0.2) is 24.3 Å². The van der Waals surface area contributed by atoms with E-state index in [0.29, 0.717) is 11.4 Å². The Bertz CT molecular complexity index is 516. The molecular formula is C15H19N3O2. The van der Waals surface area contributed by atoms with Crippen LogP contribution in [0.5, 0.6) is 5.75 Å². The van der Waals surface area contributed by atoms with Crippen molar-refractivity contribution in [1.82, 2.24) is 5.32 Å². The molecule has 1 heterocycles. The van der Waals surface area contributed by atoms with Crippen molar-refractivity contribution in [2.75, 3.05) is 18.5 Å². The third-order valence-corrected chi connectivity index (χ3v) is 3.68. The molecule has 0 spiro atoms. The van der Waals surface area contributed by atoms with Crippen LogP contribution in [-0.2, 0) is 4.79 Å². The van der Waals surface area contributed by atoms with Crippen molar-refractivity contribution in [1.29, 1.82) is 5.26 Å². The molecule has 5 heteroatoms. The molecule has 106 valence electrons. The molecule has 0 aromatic heterocycles. The molecule has 1 atom stereocenters. The summed E-state index contributed by atoms with van der Waals surface area (Å²) >= 11 is 0. The van der Waals surface area contributed by atoms with Gasteiger partial charge in [0.1, 0.15) is 11.8 Å². The first kappa shape index (κ1) is 14.4. The largest absolute Gasteiger partial charge is 0.479 e. The molecule has 1 unspecified atom stereocenters. The lowest BCUT2D eigenvalue weighted by molar-refractivity contribution is -0.122. The zero-order valence-corrected chi connectivity index (χ0v) is 11.6. The standard InChI is InChI=1S/C15H19N3O2/c1-2-15(7-4-9-17-15)14(19)18-12-5-3-6-13(11-12)20-10-8-16/h3,5-6,11,17H,2,4,7,9-10H2,1H3,(H,18,19). The molecule has 0 radical (unpaired) electrons. The first-order valence-electron chi connectivity index (χ1n) is 6.86. The monoisotopic (exact) mass is 273 g/mol. The highest BCUT2D eigenvalue weighted by Crippen LogP contribution is 2.25. The second-order valence-corrected chi connectivity index (χ2v) is 4.89. The molecule has 0 aliphatic carbocycles. The van der Waals surface area contributed by atoms with Crippen molar-refractivity contribution in [3.05, 3.63) is 24.3 Å². The first-order chi connectivity index (χ1) is 9.70. The van der Waals surface area contributed by atoms with E-state index in [9.17, 15) is 4.79 Å². The molecule has 1 saturated heterocycles. The first-order valence-corrected chi connectivity index (χ1v) is 6.86. The number of nitrogens with zero attached hydrogens (tertiary/aromatic N) is 1. The Kier molecular flexibility index (Phi) is 4.59. The van der Waals surface area contributed by atoms with Gasteiger partial charge in [-0.1, -0.05) is 13.0 Å². The number of nitrogens with one attached hydrogen (secondary N) is 2. The van der Waals surface area contributed by atoms with Crippen LogP contribution in [-0.4, -0.2) is 24.6 Å². The predicted octanol–water partition coefficient (Wildman–Crippen LogP) is 2.06. The average molecular weight is 273 g/mol. The van der Waals surface area contributed by atoms with E-state index >= 15 is 0 Å². The van der Waals surface area contributed by atoms with E-state index in [1.807, 2.05) is 19.1 Å². The van der Waals surface area contributed by atoms with E-state index in [4.69, 9.17) is 10.00 Å². The zero-order chi connectivity index (χ0) is 14.4. The van der Waals surface area contributed by atoms with Crippen LogP contribution < -0.4 is 15.4 Å². The summed E-state index contributed by atoms with van der Waals surface area (Å²) < 4.78 is 5.23. The van der Waals surface area contributed by atoms with Gasteiger partial charge in [0.25, 0.3) is 0 Å². The van der Waals surface area contributed by atoms with Crippen molar-refractivity contribution in [3.63, 3.8) is 0 Å². The molecule has 2 N–H and O–H groups in total. The molecule has 5 nitrogen and oxygen atoms in total. The zero-order valence-electron chi connectivity index (χ0n) is 11.6. The van der Waals surface area contributed by atoms with Gasteiger partial charge in [-0.3, -0.25) is 4.79 Å². The van der Waals surface area contributed by atoms with Gasteiger partial charge in [0, 0.05) is 11.8 Å². The Morgan fingerprint density at radius 2 is 2.45 bits per heavy atom. The SMILES string of the molecule is CCC1(C(=O)Nc2cccc(OCC#N)c2)CCCN1. The average Bonchev–Trinajstić information content (AvgIpc) is 2.95. The van der Waals surface area contributed by atoms with Crippen LogP contribution in [0.4, 0.5) is 5.69 Å². The van der Waals surface area contributed by atoms with Crippen LogP contribution in [0.25, 0.3) is 0 Å². The van der Waals surface area contributed by atoms with E-state index in [2.05, 4.69) is 10.6 Å². The number of rotatable bonds is 5. The van der Waals surface area contributed by atoms with Gasteiger partial charge in [0.15, 0.2) is 6.61 Å². The Morgan fingerprint density at radius 1 is 1.60 bits per heavy atom. The highest BCUT2D eigenvalue weighted by atomic mass is 16.5. The van der Waals surface area contributed by atoms with Crippen molar-refractivity contribution in [2.24, 2.45) is 0 Å². The van der Waals surface area contributed by atoms with Crippen molar-refractivity contribution >= 4 is 11.6 Å². The predicted molar refractivity (Wildman–Crippen MR) is 76.4 cm³/mol. The number of nitriles is 1. The van der Waals surface area contributed by atoms with Gasteiger partial charge in [0.2, 0.25) is 5.91 Å². The highest BCUT2D eigenvalue weighted by Gasteiger charge is 2.39. The number of anilines is 1. The van der Waals surface area contributed by atoms with Crippen molar-refractivity contribution in [2.45, 2.75) is 31.7 Å². The lowest BCUT2D eigenvalue weighted by Gasteiger charge is -2.26. The molecule has 1 aromatic rings. The van der Waals surface area contributed by atoms with Crippen LogP contribution in [0.1, 0.15) is 26.2 Å².